The number of benzene rings is 2. The summed E-state index contributed by atoms with van der Waals surface area (Å²) in [4.78, 5) is 0. The first-order chi connectivity index (χ1) is 10.3. The smallest absolute Gasteiger partial charge is 0.212 e. The van der Waals surface area contributed by atoms with E-state index in [-0.39, 0.29) is 24.0 Å². The van der Waals surface area contributed by atoms with Gasteiger partial charge in [0.1, 0.15) is 12.8 Å². The van der Waals surface area contributed by atoms with E-state index in [1.165, 1.54) is 16.5 Å². The number of aromatic nitrogens is 1. The summed E-state index contributed by atoms with van der Waals surface area (Å²) < 4.78 is 7.31. The molecule has 112 valence electrons. The lowest BCUT2D eigenvalue weighted by Crippen LogP contribution is -3.00. The van der Waals surface area contributed by atoms with Crippen LogP contribution in [0.3, 0.4) is 0 Å². The number of hydrogen-bond acceptors (Lipinski definition) is 1. The molecule has 0 unspecified atom stereocenters. The Balaban J connectivity index is 0.00000176. The van der Waals surface area contributed by atoms with Gasteiger partial charge in [0.05, 0.1) is 12.5 Å². The summed E-state index contributed by atoms with van der Waals surface area (Å²) in [6.07, 6.45) is 6.38. The summed E-state index contributed by atoms with van der Waals surface area (Å²) in [5.41, 5.74) is 3.61. The fourth-order valence-electron chi connectivity index (χ4n) is 2.43. The fraction of sp³-hybridized carbons (Fsp3) is 0.105. The molecule has 3 aromatic rings. The second kappa shape index (κ2) is 7.40. The van der Waals surface area contributed by atoms with Gasteiger partial charge in [0, 0.05) is 12.1 Å². The first-order valence-electron chi connectivity index (χ1n) is 6.97. The van der Waals surface area contributed by atoms with E-state index < -0.39 is 0 Å². The third-order valence-corrected chi connectivity index (χ3v) is 3.64. The largest absolute Gasteiger partial charge is 1.00 e. The van der Waals surface area contributed by atoms with Crippen LogP contribution >= 0.6 is 0 Å². The highest BCUT2D eigenvalue weighted by Crippen LogP contribution is 2.18. The monoisotopic (exact) mass is 403 g/mol. The van der Waals surface area contributed by atoms with Gasteiger partial charge in [0.25, 0.3) is 0 Å². The van der Waals surface area contributed by atoms with Gasteiger partial charge in [-0.15, -0.1) is 0 Å². The lowest BCUT2D eigenvalue weighted by Gasteiger charge is -2.01. The molecular weight excluding hydrogens is 385 g/mol. The van der Waals surface area contributed by atoms with Crippen molar-refractivity contribution < 1.29 is 33.3 Å². The highest BCUT2D eigenvalue weighted by atomic mass is 127. The van der Waals surface area contributed by atoms with Crippen molar-refractivity contribution in [3.8, 4) is 5.75 Å². The summed E-state index contributed by atoms with van der Waals surface area (Å²) in [7, 11) is 3.75. The van der Waals surface area contributed by atoms with Crippen LogP contribution in [0.5, 0.6) is 5.75 Å². The number of hydrogen-bond donors (Lipinski definition) is 0. The molecule has 0 radical (unpaired) electrons. The molecule has 2 aromatic carbocycles. The molecule has 1 aromatic heterocycles. The lowest BCUT2D eigenvalue weighted by atomic mass is 10.1. The minimum Gasteiger partial charge on any atom is -1.00 e. The molecule has 0 bridgehead atoms. The van der Waals surface area contributed by atoms with Gasteiger partial charge in [0.15, 0.2) is 6.20 Å². The standard InChI is InChI=1S/C19H18NO.HI/c1-20-14-13-16(18-5-3-4-6-19(18)20)10-7-15-8-11-17(21-2)12-9-15;/h3-14H,1-2H3;1H/q+1;/p-1/b10-7-;. The van der Waals surface area contributed by atoms with Gasteiger partial charge in [-0.05, 0) is 29.3 Å². The molecular formula is C19H18INO. The van der Waals surface area contributed by atoms with Crippen LogP contribution in [0.4, 0.5) is 0 Å². The second-order valence-electron chi connectivity index (χ2n) is 5.01. The number of rotatable bonds is 3. The van der Waals surface area contributed by atoms with E-state index in [1.54, 1.807) is 7.11 Å². The number of ether oxygens (including phenoxy) is 1. The van der Waals surface area contributed by atoms with E-state index in [9.17, 15) is 0 Å². The topological polar surface area (TPSA) is 13.1 Å². The highest BCUT2D eigenvalue weighted by molar-refractivity contribution is 5.88. The molecule has 3 rings (SSSR count). The molecule has 0 fully saturated rings. The molecule has 0 aliphatic heterocycles. The Kier molecular flexibility index (Phi) is 5.55. The first-order valence-corrected chi connectivity index (χ1v) is 6.97. The first kappa shape index (κ1) is 16.5. The maximum Gasteiger partial charge on any atom is 0.212 e. The second-order valence-corrected chi connectivity index (χ2v) is 5.01. The van der Waals surface area contributed by atoms with Gasteiger partial charge in [0.2, 0.25) is 5.52 Å². The van der Waals surface area contributed by atoms with Crippen molar-refractivity contribution in [3.63, 3.8) is 0 Å². The van der Waals surface area contributed by atoms with Crippen molar-refractivity contribution in [1.82, 2.24) is 0 Å². The maximum absolute atomic E-state index is 5.18. The van der Waals surface area contributed by atoms with Crippen LogP contribution in [0, 0.1) is 0 Å². The molecule has 0 atom stereocenters. The fourth-order valence-corrected chi connectivity index (χ4v) is 2.43. The quantitative estimate of drug-likeness (QED) is 0.467. The zero-order valence-electron chi connectivity index (χ0n) is 12.7. The van der Waals surface area contributed by atoms with Crippen molar-refractivity contribution in [2.75, 3.05) is 7.11 Å². The van der Waals surface area contributed by atoms with Gasteiger partial charge in [-0.1, -0.05) is 36.4 Å². The van der Waals surface area contributed by atoms with Crippen molar-refractivity contribution in [2.45, 2.75) is 0 Å². The average molecular weight is 403 g/mol. The lowest BCUT2D eigenvalue weighted by molar-refractivity contribution is -0.644. The highest BCUT2D eigenvalue weighted by Gasteiger charge is 2.06. The third-order valence-electron chi connectivity index (χ3n) is 3.64. The summed E-state index contributed by atoms with van der Waals surface area (Å²) in [5.74, 6) is 0.879. The molecule has 0 aliphatic carbocycles. The molecule has 1 heterocycles. The van der Waals surface area contributed by atoms with Crippen molar-refractivity contribution >= 4 is 23.1 Å². The number of pyridine rings is 1. The van der Waals surface area contributed by atoms with Gasteiger partial charge < -0.3 is 28.7 Å². The number of halogens is 1. The Hall–Kier alpha value is -1.88. The Morgan fingerprint density at radius 3 is 2.36 bits per heavy atom. The Bertz CT molecular complexity index is 794. The molecule has 2 nitrogen and oxygen atoms in total. The van der Waals surface area contributed by atoms with Crippen molar-refractivity contribution in [1.29, 1.82) is 0 Å². The van der Waals surface area contributed by atoms with E-state index in [4.69, 9.17) is 4.74 Å². The molecule has 0 saturated carbocycles. The third kappa shape index (κ3) is 3.47. The summed E-state index contributed by atoms with van der Waals surface area (Å²) in [6, 6.07) is 18.6. The summed E-state index contributed by atoms with van der Waals surface area (Å²) >= 11 is 0. The van der Waals surface area contributed by atoms with E-state index >= 15 is 0 Å². The SMILES string of the molecule is COc1ccc(/C=C\c2cc[n+](C)c3ccccc23)cc1.[I-]. The number of nitrogens with zero attached hydrogens (tertiary/aromatic N) is 1. The van der Waals surface area contributed by atoms with Crippen LogP contribution < -0.4 is 33.3 Å². The Morgan fingerprint density at radius 1 is 0.909 bits per heavy atom. The number of aryl methyl sites for hydroxylation is 1. The molecule has 0 amide bonds. The molecule has 22 heavy (non-hydrogen) atoms. The van der Waals surface area contributed by atoms with E-state index in [2.05, 4.69) is 72.4 Å². The summed E-state index contributed by atoms with van der Waals surface area (Å²) in [6.45, 7) is 0. The van der Waals surface area contributed by atoms with Crippen LogP contribution in [0.2, 0.25) is 0 Å². The Labute approximate surface area is 148 Å². The van der Waals surface area contributed by atoms with E-state index in [1.807, 2.05) is 12.1 Å². The van der Waals surface area contributed by atoms with Crippen LogP contribution in [-0.2, 0) is 7.05 Å². The number of methoxy groups -OCH3 is 1. The zero-order valence-corrected chi connectivity index (χ0v) is 14.8. The minimum absolute atomic E-state index is 0. The molecule has 0 aliphatic rings. The van der Waals surface area contributed by atoms with Crippen LogP contribution in [0.25, 0.3) is 23.1 Å². The predicted octanol–water partition coefficient (Wildman–Crippen LogP) is 0.847. The molecule has 0 N–H and O–H groups in total. The van der Waals surface area contributed by atoms with Crippen molar-refractivity contribution in [3.05, 3.63) is 71.9 Å². The van der Waals surface area contributed by atoms with Gasteiger partial charge in [-0.2, -0.15) is 0 Å². The Morgan fingerprint density at radius 2 is 1.64 bits per heavy atom. The predicted molar refractivity (Wildman–Crippen MR) is 87.0 cm³/mol. The molecule has 0 saturated heterocycles. The van der Waals surface area contributed by atoms with Gasteiger partial charge in [-0.25, -0.2) is 4.57 Å². The number of para-hydroxylation sites is 1. The summed E-state index contributed by atoms with van der Waals surface area (Å²) in [5, 5.41) is 1.26. The van der Waals surface area contributed by atoms with Gasteiger partial charge >= 0.3 is 0 Å². The zero-order chi connectivity index (χ0) is 14.7. The molecule has 3 heteroatoms. The van der Waals surface area contributed by atoms with E-state index in [0.29, 0.717) is 0 Å². The van der Waals surface area contributed by atoms with Crippen LogP contribution in [0.15, 0.2) is 60.8 Å². The van der Waals surface area contributed by atoms with Crippen LogP contribution in [0.1, 0.15) is 11.1 Å². The van der Waals surface area contributed by atoms with Crippen molar-refractivity contribution in [2.24, 2.45) is 7.05 Å². The molecule has 0 spiro atoms. The van der Waals surface area contributed by atoms with Gasteiger partial charge in [-0.3, -0.25) is 0 Å². The van der Waals surface area contributed by atoms with Crippen LogP contribution in [-0.4, -0.2) is 7.11 Å². The maximum atomic E-state index is 5.18. The number of fused-ring (bicyclic) bond motifs is 1. The normalized spacial score (nSPS) is 10.6. The average Bonchev–Trinajstić information content (AvgIpc) is 2.55. The van der Waals surface area contributed by atoms with E-state index in [0.717, 1.165) is 11.3 Å². The minimum atomic E-state index is 0.